The van der Waals surface area contributed by atoms with Gasteiger partial charge in [-0.05, 0) is 81.4 Å². The van der Waals surface area contributed by atoms with Gasteiger partial charge in [0.2, 0.25) is 0 Å². The number of aromatic nitrogens is 2. The van der Waals surface area contributed by atoms with Crippen molar-refractivity contribution in [2.24, 2.45) is 11.3 Å². The zero-order valence-electron chi connectivity index (χ0n) is 22.6. The first-order valence-electron chi connectivity index (χ1n) is 14.3. The van der Waals surface area contributed by atoms with Crippen LogP contribution in [0.15, 0.2) is 24.4 Å². The molecule has 2 saturated carbocycles. The van der Waals surface area contributed by atoms with Gasteiger partial charge < -0.3 is 30.2 Å². The number of hydrogen-bond donors (Lipinski definition) is 3. The molecule has 4 aliphatic rings. The molecule has 4 fully saturated rings. The summed E-state index contributed by atoms with van der Waals surface area (Å²) in [6, 6.07) is 5.84. The molecule has 2 aromatic rings. The summed E-state index contributed by atoms with van der Waals surface area (Å²) in [5.74, 6) is 0.719. The van der Waals surface area contributed by atoms with Crippen molar-refractivity contribution in [3.8, 4) is 11.3 Å². The van der Waals surface area contributed by atoms with Gasteiger partial charge in [-0.3, -0.25) is 0 Å². The molecule has 2 unspecified atom stereocenters. The Morgan fingerprint density at radius 2 is 1.82 bits per heavy atom. The van der Waals surface area contributed by atoms with Crippen LogP contribution in [-0.2, 0) is 14.2 Å². The summed E-state index contributed by atoms with van der Waals surface area (Å²) in [6.45, 7) is 6.31. The molecule has 10 heteroatoms. The molecular weight excluding hydrogens is 521 g/mol. The number of anilines is 2. The Morgan fingerprint density at radius 3 is 2.56 bits per heavy atom. The standard InChI is InChI=1S/C29H39ClFN5O3/c1-28(38-12-13-39-28)17-33-20-2-4-21(5-3-20)35-26-14-22(23(30)15-32-26)25-7-6-24(31)27(36-25)34-18-29-9-8-19(29)16-37-11-10-29/h6-7,14-15,19-21,33H,2-5,8-13,16-18H2,1H3,(H,32,35)(H,34,36). The van der Waals surface area contributed by atoms with E-state index < -0.39 is 5.79 Å². The summed E-state index contributed by atoms with van der Waals surface area (Å²) in [5.41, 5.74) is 1.56. The predicted octanol–water partition coefficient (Wildman–Crippen LogP) is 5.24. The quantitative estimate of drug-likeness (QED) is 0.384. The third-order valence-corrected chi connectivity index (χ3v) is 9.50. The van der Waals surface area contributed by atoms with Crippen LogP contribution in [0.4, 0.5) is 16.0 Å². The highest BCUT2D eigenvalue weighted by Crippen LogP contribution is 2.51. The SMILES string of the molecule is CC1(CNC2CCC(Nc3cc(-c4ccc(F)c(NCC56CCOCC5CC6)n4)c(Cl)cn3)CC2)OCCO1. The van der Waals surface area contributed by atoms with E-state index in [0.29, 0.717) is 55.0 Å². The van der Waals surface area contributed by atoms with Crippen LogP contribution in [-0.4, -0.2) is 67.4 Å². The average molecular weight is 560 g/mol. The summed E-state index contributed by atoms with van der Waals surface area (Å²) in [7, 11) is 0. The van der Waals surface area contributed by atoms with Crippen LogP contribution in [0, 0.1) is 17.2 Å². The smallest absolute Gasteiger partial charge is 0.178 e. The fourth-order valence-corrected chi connectivity index (χ4v) is 6.70. The Bertz CT molecular complexity index is 1160. The highest BCUT2D eigenvalue weighted by Gasteiger charge is 2.48. The molecule has 6 rings (SSSR count). The van der Waals surface area contributed by atoms with E-state index in [9.17, 15) is 4.39 Å². The number of halogens is 2. The van der Waals surface area contributed by atoms with Gasteiger partial charge in [-0.25, -0.2) is 14.4 Å². The van der Waals surface area contributed by atoms with Crippen LogP contribution < -0.4 is 16.0 Å². The molecule has 2 aromatic heterocycles. The summed E-state index contributed by atoms with van der Waals surface area (Å²) < 4.78 is 31.8. The van der Waals surface area contributed by atoms with E-state index in [1.54, 1.807) is 12.3 Å². The third-order valence-electron chi connectivity index (χ3n) is 9.19. The lowest BCUT2D eigenvalue weighted by Crippen LogP contribution is -2.51. The minimum atomic E-state index is -0.507. The van der Waals surface area contributed by atoms with E-state index in [-0.39, 0.29) is 17.1 Å². The Balaban J connectivity index is 1.07. The van der Waals surface area contributed by atoms with E-state index in [1.807, 2.05) is 13.0 Å². The Morgan fingerprint density at radius 1 is 1.03 bits per heavy atom. The van der Waals surface area contributed by atoms with Crippen molar-refractivity contribution in [1.29, 1.82) is 0 Å². The van der Waals surface area contributed by atoms with Crippen LogP contribution in [0.1, 0.15) is 51.9 Å². The average Bonchev–Trinajstić information content (AvgIpc) is 3.37. The number of nitrogens with zero attached hydrogens (tertiary/aromatic N) is 2. The molecule has 0 radical (unpaired) electrons. The molecule has 2 aliphatic heterocycles. The highest BCUT2D eigenvalue weighted by atomic mass is 35.5. The zero-order valence-corrected chi connectivity index (χ0v) is 23.4. The number of nitrogens with one attached hydrogen (secondary N) is 3. The monoisotopic (exact) mass is 559 g/mol. The van der Waals surface area contributed by atoms with Crippen molar-refractivity contribution in [2.45, 2.75) is 69.7 Å². The van der Waals surface area contributed by atoms with Crippen molar-refractivity contribution >= 4 is 23.2 Å². The van der Waals surface area contributed by atoms with Crippen molar-refractivity contribution in [1.82, 2.24) is 15.3 Å². The molecular formula is C29H39ClFN5O3. The minimum Gasteiger partial charge on any atom is -0.381 e. The summed E-state index contributed by atoms with van der Waals surface area (Å²) in [4.78, 5) is 9.16. The molecule has 2 saturated heterocycles. The highest BCUT2D eigenvalue weighted by molar-refractivity contribution is 6.33. The van der Waals surface area contributed by atoms with Crippen molar-refractivity contribution in [3.63, 3.8) is 0 Å². The van der Waals surface area contributed by atoms with E-state index in [1.165, 1.54) is 12.5 Å². The zero-order chi connectivity index (χ0) is 26.9. The number of pyridine rings is 2. The first-order valence-corrected chi connectivity index (χ1v) is 14.7. The van der Waals surface area contributed by atoms with Crippen molar-refractivity contribution in [2.75, 3.05) is 50.2 Å². The van der Waals surface area contributed by atoms with Gasteiger partial charge >= 0.3 is 0 Å². The lowest BCUT2D eigenvalue weighted by Gasteiger charge is -2.52. The molecule has 4 heterocycles. The summed E-state index contributed by atoms with van der Waals surface area (Å²) in [5, 5.41) is 11.0. The van der Waals surface area contributed by atoms with Gasteiger partial charge in [0.05, 0.1) is 23.9 Å². The van der Waals surface area contributed by atoms with Crippen LogP contribution in [0.25, 0.3) is 11.3 Å². The fraction of sp³-hybridized carbons (Fsp3) is 0.655. The molecule has 39 heavy (non-hydrogen) atoms. The Labute approximate surface area is 234 Å². The van der Waals surface area contributed by atoms with Crippen LogP contribution in [0.2, 0.25) is 5.02 Å². The summed E-state index contributed by atoms with van der Waals surface area (Å²) >= 11 is 6.55. The van der Waals surface area contributed by atoms with Gasteiger partial charge in [0, 0.05) is 50.1 Å². The van der Waals surface area contributed by atoms with E-state index in [0.717, 1.165) is 63.1 Å². The van der Waals surface area contributed by atoms with Crippen LogP contribution >= 0.6 is 11.6 Å². The maximum Gasteiger partial charge on any atom is 0.178 e. The number of rotatable bonds is 9. The van der Waals surface area contributed by atoms with Crippen molar-refractivity contribution < 1.29 is 18.6 Å². The van der Waals surface area contributed by atoms with Gasteiger partial charge in [0.15, 0.2) is 17.4 Å². The van der Waals surface area contributed by atoms with E-state index in [4.69, 9.17) is 25.8 Å². The van der Waals surface area contributed by atoms with Crippen LogP contribution in [0.5, 0.6) is 0 Å². The molecule has 0 aromatic carbocycles. The lowest BCUT2D eigenvalue weighted by molar-refractivity contribution is -0.139. The second kappa shape index (κ2) is 11.4. The molecule has 0 spiro atoms. The molecule has 212 valence electrons. The van der Waals surface area contributed by atoms with Crippen molar-refractivity contribution in [3.05, 3.63) is 35.2 Å². The van der Waals surface area contributed by atoms with E-state index >= 15 is 0 Å². The Kier molecular flexibility index (Phi) is 7.97. The molecule has 0 amide bonds. The molecule has 0 bridgehead atoms. The van der Waals surface area contributed by atoms with Gasteiger partial charge in [-0.2, -0.15) is 0 Å². The minimum absolute atomic E-state index is 0.193. The second-order valence-corrected chi connectivity index (χ2v) is 12.2. The third kappa shape index (κ3) is 6.03. The van der Waals surface area contributed by atoms with Gasteiger partial charge in [0.1, 0.15) is 5.82 Å². The van der Waals surface area contributed by atoms with Gasteiger partial charge in [-0.15, -0.1) is 0 Å². The molecule has 2 aliphatic carbocycles. The second-order valence-electron chi connectivity index (χ2n) is 11.8. The normalized spacial score (nSPS) is 29.9. The lowest BCUT2D eigenvalue weighted by atomic mass is 9.57. The fourth-order valence-electron chi connectivity index (χ4n) is 6.50. The van der Waals surface area contributed by atoms with Gasteiger partial charge in [-0.1, -0.05) is 11.6 Å². The number of hydrogen-bond acceptors (Lipinski definition) is 8. The topological polar surface area (TPSA) is 89.6 Å². The number of fused-ring (bicyclic) bond motifs is 1. The molecule has 2 atom stereocenters. The number of ether oxygens (including phenoxy) is 3. The largest absolute Gasteiger partial charge is 0.381 e. The maximum atomic E-state index is 14.7. The maximum absolute atomic E-state index is 14.7. The molecule has 8 nitrogen and oxygen atoms in total. The Hall–Kier alpha value is -2.04. The predicted molar refractivity (Wildman–Crippen MR) is 149 cm³/mol. The first-order chi connectivity index (χ1) is 18.9. The van der Waals surface area contributed by atoms with E-state index in [2.05, 4.69) is 25.9 Å². The van der Waals surface area contributed by atoms with Gasteiger partial charge in [0.25, 0.3) is 0 Å². The van der Waals surface area contributed by atoms with Crippen LogP contribution in [0.3, 0.4) is 0 Å². The first kappa shape index (κ1) is 27.1. The molecule has 3 N–H and O–H groups in total. The summed E-state index contributed by atoms with van der Waals surface area (Å²) in [6.07, 6.45) is 9.19.